The molecule has 0 N–H and O–H groups in total. The number of rotatable bonds is 4. The second-order valence-electron chi connectivity index (χ2n) is 4.11. The van der Waals surface area contributed by atoms with Gasteiger partial charge in [0.05, 0.1) is 10.6 Å². The van der Waals surface area contributed by atoms with Crippen molar-refractivity contribution in [3.8, 4) is 0 Å². The monoisotopic (exact) mass is 226 g/mol. The first-order chi connectivity index (χ1) is 6.95. The van der Waals surface area contributed by atoms with Crippen molar-refractivity contribution >= 4 is 9.84 Å². The maximum Gasteiger partial charge on any atom is 0.178 e. The van der Waals surface area contributed by atoms with Gasteiger partial charge in [0.2, 0.25) is 0 Å². The predicted octanol–water partition coefficient (Wildman–Crippen LogP) is 2.81. The average molecular weight is 226 g/mol. The maximum absolute atomic E-state index is 11.9. The maximum atomic E-state index is 11.9. The third-order valence-corrected chi connectivity index (χ3v) is 4.58. The molecule has 2 nitrogen and oxygen atoms in total. The van der Waals surface area contributed by atoms with E-state index in [9.17, 15) is 8.42 Å². The van der Waals surface area contributed by atoms with Crippen LogP contribution >= 0.6 is 0 Å². The Balaban J connectivity index is 2.91. The number of aryl methyl sites for hydroxylation is 1. The zero-order valence-electron chi connectivity index (χ0n) is 9.53. The lowest BCUT2D eigenvalue weighted by molar-refractivity contribution is 0.564. The average Bonchev–Trinajstić information content (AvgIpc) is 2.17. The Labute approximate surface area is 92.2 Å². The van der Waals surface area contributed by atoms with E-state index in [1.807, 2.05) is 32.9 Å². The van der Waals surface area contributed by atoms with Gasteiger partial charge in [-0.05, 0) is 25.0 Å². The first-order valence-corrected chi connectivity index (χ1v) is 6.90. The SMILES string of the molecule is CCC(C)CS(=O)(=O)c1ccc(C)cc1. The van der Waals surface area contributed by atoms with Crippen LogP contribution in [-0.4, -0.2) is 14.2 Å². The summed E-state index contributed by atoms with van der Waals surface area (Å²) in [5.41, 5.74) is 1.08. The molecule has 1 unspecified atom stereocenters. The molecule has 1 rings (SSSR count). The van der Waals surface area contributed by atoms with Crippen molar-refractivity contribution in [2.24, 2.45) is 5.92 Å². The van der Waals surface area contributed by atoms with E-state index in [4.69, 9.17) is 0 Å². The smallest absolute Gasteiger partial charge is 0.178 e. The summed E-state index contributed by atoms with van der Waals surface area (Å²) in [6.45, 7) is 5.92. The highest BCUT2D eigenvalue weighted by molar-refractivity contribution is 7.91. The van der Waals surface area contributed by atoms with Gasteiger partial charge in [0.1, 0.15) is 0 Å². The van der Waals surface area contributed by atoms with Gasteiger partial charge >= 0.3 is 0 Å². The van der Waals surface area contributed by atoms with Gasteiger partial charge in [-0.25, -0.2) is 8.42 Å². The molecule has 0 aliphatic heterocycles. The van der Waals surface area contributed by atoms with E-state index in [1.165, 1.54) is 0 Å². The molecule has 84 valence electrons. The Morgan fingerprint density at radius 1 is 1.20 bits per heavy atom. The number of hydrogen-bond donors (Lipinski definition) is 0. The van der Waals surface area contributed by atoms with Gasteiger partial charge in [-0.2, -0.15) is 0 Å². The zero-order valence-corrected chi connectivity index (χ0v) is 10.3. The largest absolute Gasteiger partial charge is 0.224 e. The highest BCUT2D eigenvalue weighted by atomic mass is 32.2. The van der Waals surface area contributed by atoms with Gasteiger partial charge in [-0.1, -0.05) is 38.0 Å². The molecule has 0 saturated carbocycles. The van der Waals surface area contributed by atoms with Crippen molar-refractivity contribution in [2.75, 3.05) is 5.75 Å². The topological polar surface area (TPSA) is 34.1 Å². The molecular formula is C12H18O2S. The highest BCUT2D eigenvalue weighted by Gasteiger charge is 2.16. The molecule has 1 atom stereocenters. The van der Waals surface area contributed by atoms with E-state index in [0.29, 0.717) is 4.90 Å². The summed E-state index contributed by atoms with van der Waals surface area (Å²) < 4.78 is 23.8. The van der Waals surface area contributed by atoms with E-state index in [2.05, 4.69) is 0 Å². The molecule has 0 amide bonds. The summed E-state index contributed by atoms with van der Waals surface area (Å²) in [5.74, 6) is 0.461. The quantitative estimate of drug-likeness (QED) is 0.791. The minimum Gasteiger partial charge on any atom is -0.224 e. The first-order valence-electron chi connectivity index (χ1n) is 5.25. The van der Waals surface area contributed by atoms with E-state index >= 15 is 0 Å². The van der Waals surface area contributed by atoms with Gasteiger partial charge in [0.25, 0.3) is 0 Å². The molecule has 0 heterocycles. The van der Waals surface area contributed by atoms with Crippen LogP contribution < -0.4 is 0 Å². The van der Waals surface area contributed by atoms with E-state index in [1.54, 1.807) is 12.1 Å². The van der Waals surface area contributed by atoms with Crippen molar-refractivity contribution in [3.63, 3.8) is 0 Å². The fourth-order valence-electron chi connectivity index (χ4n) is 1.33. The summed E-state index contributed by atoms with van der Waals surface area (Å²) >= 11 is 0. The van der Waals surface area contributed by atoms with Gasteiger partial charge < -0.3 is 0 Å². The van der Waals surface area contributed by atoms with Gasteiger partial charge in [0.15, 0.2) is 9.84 Å². The molecule has 0 bridgehead atoms. The Morgan fingerprint density at radius 2 is 1.73 bits per heavy atom. The van der Waals surface area contributed by atoms with E-state index in [-0.39, 0.29) is 11.7 Å². The van der Waals surface area contributed by atoms with Crippen LogP contribution in [0.25, 0.3) is 0 Å². The molecule has 3 heteroatoms. The number of sulfone groups is 1. The normalized spacial score (nSPS) is 13.8. The molecule has 0 radical (unpaired) electrons. The molecule has 0 aliphatic rings. The molecule has 0 aromatic heterocycles. The second-order valence-corrected chi connectivity index (χ2v) is 6.14. The standard InChI is InChI=1S/C12H18O2S/c1-4-10(2)9-15(13,14)12-7-5-11(3)6-8-12/h5-8,10H,4,9H2,1-3H3. The van der Waals surface area contributed by atoms with Crippen LogP contribution in [0.5, 0.6) is 0 Å². The molecule has 1 aromatic rings. The van der Waals surface area contributed by atoms with Crippen LogP contribution in [0, 0.1) is 12.8 Å². The third kappa shape index (κ3) is 3.34. The van der Waals surface area contributed by atoms with Crippen molar-refractivity contribution in [2.45, 2.75) is 32.1 Å². The second kappa shape index (κ2) is 4.79. The van der Waals surface area contributed by atoms with Crippen LogP contribution in [0.3, 0.4) is 0 Å². The third-order valence-electron chi connectivity index (χ3n) is 2.58. The van der Waals surface area contributed by atoms with Crippen molar-refractivity contribution in [3.05, 3.63) is 29.8 Å². The predicted molar refractivity (Wildman–Crippen MR) is 62.7 cm³/mol. The Morgan fingerprint density at radius 3 is 2.20 bits per heavy atom. The van der Waals surface area contributed by atoms with Crippen LogP contribution in [0.1, 0.15) is 25.8 Å². The molecular weight excluding hydrogens is 208 g/mol. The molecule has 1 aromatic carbocycles. The number of benzene rings is 1. The lowest BCUT2D eigenvalue weighted by Gasteiger charge is -2.09. The van der Waals surface area contributed by atoms with Gasteiger partial charge in [-0.3, -0.25) is 0 Å². The van der Waals surface area contributed by atoms with Gasteiger partial charge in [-0.15, -0.1) is 0 Å². The Kier molecular flexibility index (Phi) is 3.91. The highest BCUT2D eigenvalue weighted by Crippen LogP contribution is 2.16. The fraction of sp³-hybridized carbons (Fsp3) is 0.500. The summed E-state index contributed by atoms with van der Waals surface area (Å²) in [6, 6.07) is 7.05. The first kappa shape index (κ1) is 12.2. The Hall–Kier alpha value is -0.830. The minimum atomic E-state index is -3.09. The zero-order chi connectivity index (χ0) is 11.5. The van der Waals surface area contributed by atoms with Crippen molar-refractivity contribution < 1.29 is 8.42 Å². The molecule has 15 heavy (non-hydrogen) atoms. The summed E-state index contributed by atoms with van der Waals surface area (Å²) in [4.78, 5) is 0.438. The van der Waals surface area contributed by atoms with Crippen molar-refractivity contribution in [1.29, 1.82) is 0 Å². The van der Waals surface area contributed by atoms with E-state index in [0.717, 1.165) is 12.0 Å². The Bertz CT molecular complexity index is 404. The lowest BCUT2D eigenvalue weighted by atomic mass is 10.2. The van der Waals surface area contributed by atoms with Crippen LogP contribution in [0.2, 0.25) is 0 Å². The summed E-state index contributed by atoms with van der Waals surface area (Å²) in [7, 11) is -3.09. The molecule has 0 saturated heterocycles. The fourth-order valence-corrected chi connectivity index (χ4v) is 3.06. The summed E-state index contributed by atoms with van der Waals surface area (Å²) in [5, 5.41) is 0. The van der Waals surface area contributed by atoms with E-state index < -0.39 is 9.84 Å². The summed E-state index contributed by atoms with van der Waals surface area (Å²) in [6.07, 6.45) is 0.894. The minimum absolute atomic E-state index is 0.219. The van der Waals surface area contributed by atoms with Crippen LogP contribution in [0.4, 0.5) is 0 Å². The van der Waals surface area contributed by atoms with Crippen LogP contribution in [-0.2, 0) is 9.84 Å². The van der Waals surface area contributed by atoms with Gasteiger partial charge in [0, 0.05) is 0 Å². The molecule has 0 aliphatic carbocycles. The lowest BCUT2D eigenvalue weighted by Crippen LogP contribution is -2.13. The van der Waals surface area contributed by atoms with Crippen molar-refractivity contribution in [1.82, 2.24) is 0 Å². The molecule has 0 spiro atoms. The van der Waals surface area contributed by atoms with Crippen LogP contribution in [0.15, 0.2) is 29.2 Å². The molecule has 0 fully saturated rings. The number of hydrogen-bond acceptors (Lipinski definition) is 2.